The molecule has 0 radical (unpaired) electrons. The zero-order chi connectivity index (χ0) is 13.0. The normalized spacial score (nSPS) is 10.4. The van der Waals surface area contributed by atoms with Gasteiger partial charge in [-0.15, -0.1) is 0 Å². The third kappa shape index (κ3) is 3.17. The third-order valence-corrected chi connectivity index (χ3v) is 2.82. The van der Waals surface area contributed by atoms with Crippen molar-refractivity contribution in [2.75, 3.05) is 18.5 Å². The summed E-state index contributed by atoms with van der Waals surface area (Å²) in [7, 11) is 1.78. The van der Waals surface area contributed by atoms with Crippen molar-refractivity contribution >= 4 is 17.4 Å². The Bertz CT molecular complexity index is 519. The van der Waals surface area contributed by atoms with Gasteiger partial charge in [0.05, 0.1) is 6.20 Å². The number of likely N-dealkylation sites (N-methyl/N-ethyl adjacent to an activating group) is 1. The van der Waals surface area contributed by atoms with E-state index in [1.807, 2.05) is 30.3 Å². The SMILES string of the molecule is CN(CCc1ccccc1)c1nc(Cl)ncc1F. The lowest BCUT2D eigenvalue weighted by Crippen LogP contribution is -2.22. The molecule has 0 amide bonds. The summed E-state index contributed by atoms with van der Waals surface area (Å²) in [5.41, 5.74) is 1.20. The first-order valence-electron chi connectivity index (χ1n) is 5.60. The van der Waals surface area contributed by atoms with Gasteiger partial charge in [0.15, 0.2) is 11.6 Å². The Morgan fingerprint density at radius 3 is 2.72 bits per heavy atom. The molecule has 3 nitrogen and oxygen atoms in total. The van der Waals surface area contributed by atoms with Gasteiger partial charge in [0, 0.05) is 13.6 Å². The third-order valence-electron chi connectivity index (χ3n) is 2.64. The van der Waals surface area contributed by atoms with E-state index in [2.05, 4.69) is 9.97 Å². The molecule has 0 saturated heterocycles. The molecule has 0 aliphatic heterocycles. The fraction of sp³-hybridized carbons (Fsp3) is 0.231. The predicted molar refractivity (Wildman–Crippen MR) is 70.4 cm³/mol. The Labute approximate surface area is 110 Å². The summed E-state index contributed by atoms with van der Waals surface area (Å²) >= 11 is 5.66. The van der Waals surface area contributed by atoms with Gasteiger partial charge in [0.1, 0.15) is 0 Å². The van der Waals surface area contributed by atoms with Gasteiger partial charge in [-0.2, -0.15) is 4.98 Å². The van der Waals surface area contributed by atoms with Crippen molar-refractivity contribution in [2.24, 2.45) is 0 Å². The summed E-state index contributed by atoms with van der Waals surface area (Å²) < 4.78 is 13.5. The van der Waals surface area contributed by atoms with Crippen molar-refractivity contribution in [2.45, 2.75) is 6.42 Å². The molecule has 0 saturated carbocycles. The minimum Gasteiger partial charge on any atom is -0.357 e. The van der Waals surface area contributed by atoms with Gasteiger partial charge in [-0.3, -0.25) is 0 Å². The summed E-state index contributed by atoms with van der Waals surface area (Å²) in [4.78, 5) is 9.21. The second-order valence-corrected chi connectivity index (χ2v) is 4.31. The van der Waals surface area contributed by atoms with Gasteiger partial charge < -0.3 is 4.90 Å². The Hall–Kier alpha value is -1.68. The van der Waals surface area contributed by atoms with E-state index in [0.29, 0.717) is 6.54 Å². The van der Waals surface area contributed by atoms with Crippen molar-refractivity contribution in [3.05, 3.63) is 53.2 Å². The van der Waals surface area contributed by atoms with Crippen LogP contribution in [0.2, 0.25) is 5.28 Å². The van der Waals surface area contributed by atoms with Crippen LogP contribution in [0, 0.1) is 5.82 Å². The molecular weight excluding hydrogens is 253 g/mol. The van der Waals surface area contributed by atoms with Gasteiger partial charge in [0.2, 0.25) is 5.28 Å². The summed E-state index contributed by atoms with van der Waals surface area (Å²) in [6, 6.07) is 10.0. The average molecular weight is 266 g/mol. The maximum Gasteiger partial charge on any atom is 0.224 e. The minimum atomic E-state index is -0.463. The molecule has 5 heteroatoms. The van der Waals surface area contributed by atoms with Crippen LogP contribution in [0.25, 0.3) is 0 Å². The number of benzene rings is 1. The monoisotopic (exact) mass is 265 g/mol. The van der Waals surface area contributed by atoms with E-state index < -0.39 is 5.82 Å². The fourth-order valence-corrected chi connectivity index (χ4v) is 1.78. The number of rotatable bonds is 4. The van der Waals surface area contributed by atoms with Crippen LogP contribution in [0.15, 0.2) is 36.5 Å². The van der Waals surface area contributed by atoms with Gasteiger partial charge >= 0.3 is 0 Å². The first-order chi connectivity index (χ1) is 8.66. The second kappa shape index (κ2) is 5.78. The van der Waals surface area contributed by atoms with Crippen LogP contribution in [0.1, 0.15) is 5.56 Å². The maximum absolute atomic E-state index is 13.5. The van der Waals surface area contributed by atoms with E-state index in [9.17, 15) is 4.39 Å². The van der Waals surface area contributed by atoms with Gasteiger partial charge in [0.25, 0.3) is 0 Å². The molecule has 0 fully saturated rings. The molecule has 1 aromatic heterocycles. The van der Waals surface area contributed by atoms with Crippen LogP contribution >= 0.6 is 11.6 Å². The summed E-state index contributed by atoms with van der Waals surface area (Å²) in [6.07, 6.45) is 1.90. The van der Waals surface area contributed by atoms with Crippen LogP contribution in [-0.4, -0.2) is 23.6 Å². The van der Waals surface area contributed by atoms with E-state index in [-0.39, 0.29) is 11.1 Å². The molecule has 1 heterocycles. The van der Waals surface area contributed by atoms with Crippen molar-refractivity contribution < 1.29 is 4.39 Å². The van der Waals surface area contributed by atoms with Crippen molar-refractivity contribution in [3.63, 3.8) is 0 Å². The molecule has 0 unspecified atom stereocenters. The predicted octanol–water partition coefficient (Wildman–Crippen LogP) is 2.95. The van der Waals surface area contributed by atoms with Crippen molar-refractivity contribution in [1.82, 2.24) is 9.97 Å². The number of hydrogen-bond acceptors (Lipinski definition) is 3. The molecule has 2 aromatic rings. The molecule has 0 aliphatic carbocycles. The Morgan fingerprint density at radius 2 is 2.00 bits per heavy atom. The topological polar surface area (TPSA) is 29.0 Å². The van der Waals surface area contributed by atoms with Gasteiger partial charge in [-0.05, 0) is 23.6 Å². The lowest BCUT2D eigenvalue weighted by atomic mass is 10.1. The smallest absolute Gasteiger partial charge is 0.224 e. The standard InChI is InChI=1S/C13H13ClFN3/c1-18(8-7-10-5-3-2-4-6-10)12-11(15)9-16-13(14)17-12/h2-6,9H,7-8H2,1H3. The number of anilines is 1. The van der Waals surface area contributed by atoms with E-state index in [4.69, 9.17) is 11.6 Å². The van der Waals surface area contributed by atoms with E-state index in [1.165, 1.54) is 5.56 Å². The summed E-state index contributed by atoms with van der Waals surface area (Å²) in [5, 5.41) is 0.0537. The molecule has 2 rings (SSSR count). The molecule has 0 spiro atoms. The Balaban J connectivity index is 2.03. The van der Waals surface area contributed by atoms with E-state index in [1.54, 1.807) is 11.9 Å². The molecule has 18 heavy (non-hydrogen) atoms. The van der Waals surface area contributed by atoms with Crippen LogP contribution in [0.4, 0.5) is 10.2 Å². The van der Waals surface area contributed by atoms with Crippen molar-refractivity contribution in [3.8, 4) is 0 Å². The minimum absolute atomic E-state index is 0.0537. The Kier molecular flexibility index (Phi) is 4.10. The van der Waals surface area contributed by atoms with Crippen LogP contribution in [0.3, 0.4) is 0 Å². The fourth-order valence-electron chi connectivity index (χ4n) is 1.65. The summed E-state index contributed by atoms with van der Waals surface area (Å²) in [5.74, 6) is -0.235. The largest absolute Gasteiger partial charge is 0.357 e. The highest BCUT2D eigenvalue weighted by atomic mass is 35.5. The zero-order valence-corrected chi connectivity index (χ0v) is 10.7. The highest BCUT2D eigenvalue weighted by Crippen LogP contribution is 2.16. The highest BCUT2D eigenvalue weighted by Gasteiger charge is 2.10. The molecule has 0 N–H and O–H groups in total. The van der Waals surface area contributed by atoms with Gasteiger partial charge in [-0.25, -0.2) is 9.37 Å². The number of halogens is 2. The first kappa shape index (κ1) is 12.8. The number of hydrogen-bond donors (Lipinski definition) is 0. The quantitative estimate of drug-likeness (QED) is 0.796. The molecule has 94 valence electrons. The molecule has 1 aromatic carbocycles. The first-order valence-corrected chi connectivity index (χ1v) is 5.97. The number of aromatic nitrogens is 2. The van der Waals surface area contributed by atoms with Crippen LogP contribution in [0.5, 0.6) is 0 Å². The second-order valence-electron chi connectivity index (χ2n) is 3.97. The van der Waals surface area contributed by atoms with E-state index >= 15 is 0 Å². The number of nitrogens with zero attached hydrogens (tertiary/aromatic N) is 3. The molecule has 0 atom stereocenters. The average Bonchev–Trinajstić information content (AvgIpc) is 2.40. The lowest BCUT2D eigenvalue weighted by Gasteiger charge is -2.18. The zero-order valence-electron chi connectivity index (χ0n) is 9.98. The highest BCUT2D eigenvalue weighted by molar-refractivity contribution is 6.28. The van der Waals surface area contributed by atoms with Crippen molar-refractivity contribution in [1.29, 1.82) is 0 Å². The molecular formula is C13H13ClFN3. The Morgan fingerprint density at radius 1 is 1.28 bits per heavy atom. The van der Waals surface area contributed by atoms with E-state index in [0.717, 1.165) is 12.6 Å². The molecule has 0 bridgehead atoms. The summed E-state index contributed by atoms with van der Waals surface area (Å²) in [6.45, 7) is 0.661. The van der Waals surface area contributed by atoms with Gasteiger partial charge in [-0.1, -0.05) is 30.3 Å². The molecule has 0 aliphatic rings. The van der Waals surface area contributed by atoms with Crippen LogP contribution in [-0.2, 0) is 6.42 Å². The maximum atomic E-state index is 13.5. The van der Waals surface area contributed by atoms with Crippen LogP contribution < -0.4 is 4.90 Å². The lowest BCUT2D eigenvalue weighted by molar-refractivity contribution is 0.607.